The third-order valence-corrected chi connectivity index (χ3v) is 2.57. The van der Waals surface area contributed by atoms with Gasteiger partial charge in [0, 0.05) is 12.6 Å². The molecular weight excluding hydrogens is 278 g/mol. The van der Waals surface area contributed by atoms with Gasteiger partial charge >= 0.3 is 5.97 Å². The number of nitro groups is 1. The topological polar surface area (TPSA) is 122 Å². The fraction of sp³-hybridized carbons (Fsp3) is 0.300. The molecule has 0 aromatic carbocycles. The molecule has 1 aromatic heterocycles. The lowest BCUT2D eigenvalue weighted by Gasteiger charge is -2.08. The monoisotopic (exact) mass is 287 g/mol. The maximum Gasteiger partial charge on any atom is 0.308 e. The van der Waals surface area contributed by atoms with Gasteiger partial charge in [-0.1, -0.05) is 18.5 Å². The van der Waals surface area contributed by atoms with Gasteiger partial charge < -0.3 is 10.4 Å². The highest BCUT2D eigenvalue weighted by atomic mass is 35.5. The van der Waals surface area contributed by atoms with E-state index in [1.165, 1.54) is 6.92 Å². The second-order valence-corrected chi connectivity index (χ2v) is 4.10. The number of aromatic nitrogens is 1. The molecule has 0 spiro atoms. The normalized spacial score (nSPS) is 11.7. The molecule has 1 rings (SSSR count). The Morgan fingerprint density at radius 1 is 1.63 bits per heavy atom. The highest BCUT2D eigenvalue weighted by Gasteiger charge is 2.18. The third kappa shape index (κ3) is 3.88. The Hall–Kier alpha value is -2.22. The number of rotatable bonds is 5. The first-order chi connectivity index (χ1) is 8.82. The Morgan fingerprint density at radius 3 is 2.79 bits per heavy atom. The van der Waals surface area contributed by atoms with Crippen LogP contribution in [0, 0.1) is 16.0 Å². The Labute approximate surface area is 112 Å². The molecule has 0 bridgehead atoms. The van der Waals surface area contributed by atoms with E-state index in [2.05, 4.69) is 10.3 Å². The van der Waals surface area contributed by atoms with Crippen LogP contribution in [0.5, 0.6) is 0 Å². The second kappa shape index (κ2) is 6.10. The fourth-order valence-electron chi connectivity index (χ4n) is 1.12. The van der Waals surface area contributed by atoms with Gasteiger partial charge in [0.25, 0.3) is 11.6 Å². The first kappa shape index (κ1) is 14.8. The smallest absolute Gasteiger partial charge is 0.308 e. The standard InChI is InChI=1S/C10H10ClN3O5/c1-5(10(16)17)3-13-9(15)7-2-6(14(18)19)4-12-8(7)11/h2,4-5H,3H2,1H3,(H,13,15)(H,16,17). The quantitative estimate of drug-likeness (QED) is 0.475. The van der Waals surface area contributed by atoms with Gasteiger partial charge in [0.2, 0.25) is 0 Å². The first-order valence-corrected chi connectivity index (χ1v) is 5.51. The molecule has 2 N–H and O–H groups in total. The number of halogens is 1. The summed E-state index contributed by atoms with van der Waals surface area (Å²) in [6, 6.07) is 0.982. The van der Waals surface area contributed by atoms with Crippen molar-refractivity contribution < 1.29 is 19.6 Å². The van der Waals surface area contributed by atoms with Crippen molar-refractivity contribution in [3.05, 3.63) is 33.1 Å². The summed E-state index contributed by atoms with van der Waals surface area (Å²) in [5.74, 6) is -2.56. The predicted molar refractivity (Wildman–Crippen MR) is 65.0 cm³/mol. The van der Waals surface area contributed by atoms with Crippen molar-refractivity contribution in [3.8, 4) is 0 Å². The van der Waals surface area contributed by atoms with Crippen LogP contribution in [-0.4, -0.2) is 33.4 Å². The average molecular weight is 288 g/mol. The highest BCUT2D eigenvalue weighted by Crippen LogP contribution is 2.18. The second-order valence-electron chi connectivity index (χ2n) is 3.74. The molecule has 1 atom stereocenters. The van der Waals surface area contributed by atoms with Crippen molar-refractivity contribution >= 4 is 29.2 Å². The van der Waals surface area contributed by atoms with Crippen molar-refractivity contribution in [1.29, 1.82) is 0 Å². The summed E-state index contributed by atoms with van der Waals surface area (Å²) in [6.45, 7) is 1.29. The Morgan fingerprint density at radius 2 is 2.26 bits per heavy atom. The molecular formula is C10H10ClN3O5. The van der Waals surface area contributed by atoms with E-state index in [0.717, 1.165) is 12.3 Å². The van der Waals surface area contributed by atoms with Gasteiger partial charge in [-0.05, 0) is 0 Å². The summed E-state index contributed by atoms with van der Waals surface area (Å²) in [4.78, 5) is 35.7. The maximum atomic E-state index is 11.7. The number of carbonyl (C=O) groups excluding carboxylic acids is 1. The van der Waals surface area contributed by atoms with E-state index >= 15 is 0 Å². The molecule has 1 aromatic rings. The van der Waals surface area contributed by atoms with Crippen LogP contribution < -0.4 is 5.32 Å². The molecule has 1 unspecified atom stereocenters. The number of aliphatic carboxylic acids is 1. The van der Waals surface area contributed by atoms with Gasteiger partial charge in [0.1, 0.15) is 11.3 Å². The molecule has 0 fully saturated rings. The fourth-order valence-corrected chi connectivity index (χ4v) is 1.31. The van der Waals surface area contributed by atoms with E-state index in [1.807, 2.05) is 0 Å². The summed E-state index contributed by atoms with van der Waals surface area (Å²) in [7, 11) is 0. The number of amides is 1. The minimum atomic E-state index is -1.07. The van der Waals surface area contributed by atoms with Crippen LogP contribution in [0.3, 0.4) is 0 Å². The van der Waals surface area contributed by atoms with Crippen molar-refractivity contribution in [2.45, 2.75) is 6.92 Å². The number of nitrogens with one attached hydrogen (secondary N) is 1. The predicted octanol–water partition coefficient (Wildman–Crippen LogP) is 1.09. The van der Waals surface area contributed by atoms with E-state index in [1.54, 1.807) is 0 Å². The highest BCUT2D eigenvalue weighted by molar-refractivity contribution is 6.32. The van der Waals surface area contributed by atoms with Gasteiger partial charge in [0.15, 0.2) is 0 Å². The first-order valence-electron chi connectivity index (χ1n) is 5.14. The summed E-state index contributed by atoms with van der Waals surface area (Å²) in [5, 5.41) is 21.3. The van der Waals surface area contributed by atoms with Gasteiger partial charge in [0.05, 0.1) is 16.4 Å². The maximum absolute atomic E-state index is 11.7. The molecule has 0 aliphatic rings. The molecule has 9 heteroatoms. The number of carboxylic acid groups (broad SMARTS) is 1. The largest absolute Gasteiger partial charge is 0.481 e. The van der Waals surface area contributed by atoms with Crippen molar-refractivity contribution in [2.75, 3.05) is 6.54 Å². The summed E-state index contributed by atoms with van der Waals surface area (Å²) < 4.78 is 0. The third-order valence-electron chi connectivity index (χ3n) is 2.27. The van der Waals surface area contributed by atoms with Crippen LogP contribution in [0.15, 0.2) is 12.3 Å². The average Bonchev–Trinajstić information content (AvgIpc) is 2.35. The van der Waals surface area contributed by atoms with E-state index in [-0.39, 0.29) is 22.9 Å². The lowest BCUT2D eigenvalue weighted by atomic mass is 10.2. The van der Waals surface area contributed by atoms with Crippen molar-refractivity contribution in [1.82, 2.24) is 10.3 Å². The van der Waals surface area contributed by atoms with Crippen LogP contribution in [0.1, 0.15) is 17.3 Å². The summed E-state index contributed by atoms with van der Waals surface area (Å²) in [5.41, 5.74) is -0.547. The number of nitrogens with zero attached hydrogens (tertiary/aromatic N) is 2. The van der Waals surface area contributed by atoms with Crippen LogP contribution in [0.25, 0.3) is 0 Å². The number of hydrogen-bond acceptors (Lipinski definition) is 5. The van der Waals surface area contributed by atoms with Gasteiger partial charge in [-0.25, -0.2) is 4.98 Å². The van der Waals surface area contributed by atoms with Crippen LogP contribution in [0.2, 0.25) is 5.15 Å². The van der Waals surface area contributed by atoms with Crippen LogP contribution >= 0.6 is 11.6 Å². The molecule has 0 radical (unpaired) electrons. The minimum absolute atomic E-state index is 0.118. The molecule has 0 aliphatic carbocycles. The molecule has 0 saturated carbocycles. The van der Waals surface area contributed by atoms with Crippen LogP contribution in [-0.2, 0) is 4.79 Å². The molecule has 0 aliphatic heterocycles. The SMILES string of the molecule is CC(CNC(=O)c1cc([N+](=O)[O-])cnc1Cl)C(=O)O. The van der Waals surface area contributed by atoms with E-state index in [9.17, 15) is 19.7 Å². The Kier molecular flexibility index (Phi) is 4.76. The number of pyridine rings is 1. The molecule has 1 heterocycles. The van der Waals surface area contributed by atoms with E-state index < -0.39 is 22.7 Å². The minimum Gasteiger partial charge on any atom is -0.481 e. The lowest BCUT2D eigenvalue weighted by molar-refractivity contribution is -0.385. The Bertz CT molecular complexity index is 534. The lowest BCUT2D eigenvalue weighted by Crippen LogP contribution is -2.31. The zero-order chi connectivity index (χ0) is 14.6. The van der Waals surface area contributed by atoms with Crippen molar-refractivity contribution in [2.24, 2.45) is 5.92 Å². The number of hydrogen-bond donors (Lipinski definition) is 2. The molecule has 0 saturated heterocycles. The molecule has 102 valence electrons. The number of carboxylic acids is 1. The van der Waals surface area contributed by atoms with Crippen molar-refractivity contribution in [3.63, 3.8) is 0 Å². The van der Waals surface area contributed by atoms with Crippen LogP contribution in [0.4, 0.5) is 5.69 Å². The summed E-state index contributed by atoms with van der Waals surface area (Å²) in [6.07, 6.45) is 0.930. The number of carbonyl (C=O) groups is 2. The Balaban J connectivity index is 2.84. The van der Waals surface area contributed by atoms with E-state index in [4.69, 9.17) is 16.7 Å². The van der Waals surface area contributed by atoms with Gasteiger partial charge in [-0.3, -0.25) is 19.7 Å². The van der Waals surface area contributed by atoms with Gasteiger partial charge in [-0.2, -0.15) is 0 Å². The van der Waals surface area contributed by atoms with Gasteiger partial charge in [-0.15, -0.1) is 0 Å². The molecule has 1 amide bonds. The molecule has 19 heavy (non-hydrogen) atoms. The summed E-state index contributed by atoms with van der Waals surface area (Å²) >= 11 is 5.66. The molecule has 8 nitrogen and oxygen atoms in total. The zero-order valence-electron chi connectivity index (χ0n) is 9.79. The zero-order valence-corrected chi connectivity index (χ0v) is 10.5. The van der Waals surface area contributed by atoms with E-state index in [0.29, 0.717) is 0 Å².